The van der Waals surface area contributed by atoms with E-state index in [2.05, 4.69) is 15.6 Å². The molecule has 2 aromatic carbocycles. The molecule has 3 aromatic rings. The molecule has 0 aliphatic rings. The molecule has 36 heavy (non-hydrogen) atoms. The molecule has 3 amide bonds. The van der Waals surface area contributed by atoms with Crippen LogP contribution in [-0.4, -0.2) is 40.7 Å². The SMILES string of the molecule is Cc1ccc(NC(=O)Cc2csc(NC(=O)CN(CC(C)C)C(=O)c3ccc(Cl)c(Cl)c3)n2)cc1C. The summed E-state index contributed by atoms with van der Waals surface area (Å²) in [6.07, 6.45) is 0.0780. The molecule has 0 aliphatic heterocycles. The number of nitrogens with one attached hydrogen (secondary N) is 2. The van der Waals surface area contributed by atoms with E-state index < -0.39 is 0 Å². The molecule has 0 saturated carbocycles. The number of carbonyl (C=O) groups excluding carboxylic acids is 3. The Morgan fingerprint density at radius 2 is 1.72 bits per heavy atom. The fourth-order valence-corrected chi connectivity index (χ4v) is 4.46. The van der Waals surface area contributed by atoms with Crippen LogP contribution in [0.5, 0.6) is 0 Å². The number of benzene rings is 2. The first kappa shape index (κ1) is 27.6. The molecule has 0 aliphatic carbocycles. The third-order valence-electron chi connectivity index (χ3n) is 5.30. The number of aryl methyl sites for hydroxylation is 2. The van der Waals surface area contributed by atoms with Gasteiger partial charge in [-0.15, -0.1) is 11.3 Å². The Bertz CT molecular complexity index is 1280. The summed E-state index contributed by atoms with van der Waals surface area (Å²) in [4.78, 5) is 44.0. The van der Waals surface area contributed by atoms with Crippen LogP contribution < -0.4 is 10.6 Å². The van der Waals surface area contributed by atoms with Gasteiger partial charge < -0.3 is 15.5 Å². The smallest absolute Gasteiger partial charge is 0.254 e. The number of halogens is 2. The lowest BCUT2D eigenvalue weighted by Gasteiger charge is -2.24. The highest BCUT2D eigenvalue weighted by atomic mass is 35.5. The van der Waals surface area contributed by atoms with Gasteiger partial charge >= 0.3 is 0 Å². The van der Waals surface area contributed by atoms with Crippen molar-refractivity contribution in [2.24, 2.45) is 5.92 Å². The third-order valence-corrected chi connectivity index (χ3v) is 6.85. The monoisotopic (exact) mass is 546 g/mol. The first-order chi connectivity index (χ1) is 17.0. The molecule has 1 heterocycles. The van der Waals surface area contributed by atoms with Gasteiger partial charge in [-0.2, -0.15) is 0 Å². The zero-order valence-corrected chi connectivity index (χ0v) is 22.9. The van der Waals surface area contributed by atoms with Crippen molar-refractivity contribution in [3.63, 3.8) is 0 Å². The molecule has 1 aromatic heterocycles. The Kier molecular flexibility index (Phi) is 9.48. The normalized spacial score (nSPS) is 10.9. The van der Waals surface area contributed by atoms with Crippen molar-refractivity contribution in [3.05, 3.63) is 74.2 Å². The lowest BCUT2D eigenvalue weighted by atomic mass is 10.1. The minimum atomic E-state index is -0.385. The van der Waals surface area contributed by atoms with Crippen molar-refractivity contribution >= 4 is 63.1 Å². The van der Waals surface area contributed by atoms with Crippen LogP contribution in [0.2, 0.25) is 10.0 Å². The Morgan fingerprint density at radius 1 is 0.972 bits per heavy atom. The highest BCUT2D eigenvalue weighted by Crippen LogP contribution is 2.24. The van der Waals surface area contributed by atoms with Crippen LogP contribution in [0, 0.1) is 19.8 Å². The standard InChI is InChI=1S/C26H28Cl2N4O3S/c1-15(2)12-32(25(35)18-6-8-21(27)22(28)10-18)13-24(34)31-26-30-20(14-36-26)11-23(33)29-19-7-5-16(3)17(4)9-19/h5-10,14-15H,11-13H2,1-4H3,(H,29,33)(H,30,31,34). The Morgan fingerprint density at radius 3 is 2.39 bits per heavy atom. The molecule has 0 spiro atoms. The molecular weight excluding hydrogens is 519 g/mol. The second-order valence-corrected chi connectivity index (χ2v) is 10.6. The van der Waals surface area contributed by atoms with Crippen molar-refractivity contribution < 1.29 is 14.4 Å². The lowest BCUT2D eigenvalue weighted by molar-refractivity contribution is -0.117. The van der Waals surface area contributed by atoms with E-state index in [1.54, 1.807) is 17.5 Å². The highest BCUT2D eigenvalue weighted by molar-refractivity contribution is 7.13. The first-order valence-electron chi connectivity index (χ1n) is 11.4. The number of carbonyl (C=O) groups is 3. The largest absolute Gasteiger partial charge is 0.329 e. The van der Waals surface area contributed by atoms with Crippen molar-refractivity contribution in [3.8, 4) is 0 Å². The summed E-state index contributed by atoms with van der Waals surface area (Å²) in [5, 5.41) is 8.30. The fraction of sp³-hybridized carbons (Fsp3) is 0.308. The lowest BCUT2D eigenvalue weighted by Crippen LogP contribution is -2.40. The average Bonchev–Trinajstić information content (AvgIpc) is 3.23. The average molecular weight is 548 g/mol. The van der Waals surface area contributed by atoms with Crippen molar-refractivity contribution in [1.29, 1.82) is 0 Å². The van der Waals surface area contributed by atoms with E-state index in [0.717, 1.165) is 16.8 Å². The Labute approximate surface area is 224 Å². The highest BCUT2D eigenvalue weighted by Gasteiger charge is 2.21. The molecule has 0 bridgehead atoms. The molecule has 0 radical (unpaired) electrons. The second-order valence-electron chi connectivity index (χ2n) is 8.92. The minimum absolute atomic E-state index is 0.0780. The maximum absolute atomic E-state index is 13.0. The number of anilines is 2. The number of aromatic nitrogens is 1. The zero-order valence-electron chi connectivity index (χ0n) is 20.5. The van der Waals surface area contributed by atoms with Crippen LogP contribution in [-0.2, 0) is 16.0 Å². The fourth-order valence-electron chi connectivity index (χ4n) is 3.44. The van der Waals surface area contributed by atoms with E-state index in [1.165, 1.54) is 22.3 Å². The molecule has 7 nitrogen and oxygen atoms in total. The van der Waals surface area contributed by atoms with Gasteiger partial charge in [0, 0.05) is 23.2 Å². The van der Waals surface area contributed by atoms with E-state index in [4.69, 9.17) is 23.2 Å². The van der Waals surface area contributed by atoms with E-state index in [1.807, 2.05) is 45.9 Å². The van der Waals surface area contributed by atoms with Gasteiger partial charge in [-0.25, -0.2) is 4.98 Å². The zero-order chi connectivity index (χ0) is 26.4. The van der Waals surface area contributed by atoms with Crippen LogP contribution in [0.15, 0.2) is 41.8 Å². The van der Waals surface area contributed by atoms with E-state index in [0.29, 0.717) is 28.0 Å². The summed E-state index contributed by atoms with van der Waals surface area (Å²) in [6, 6.07) is 10.4. The number of hydrogen-bond acceptors (Lipinski definition) is 5. The predicted octanol–water partition coefficient (Wildman–Crippen LogP) is 5.98. The Balaban J connectivity index is 1.60. The molecule has 0 saturated heterocycles. The first-order valence-corrected chi connectivity index (χ1v) is 13.0. The molecule has 0 fully saturated rings. The summed E-state index contributed by atoms with van der Waals surface area (Å²) in [7, 11) is 0. The maximum atomic E-state index is 13.0. The summed E-state index contributed by atoms with van der Waals surface area (Å²) < 4.78 is 0. The number of hydrogen-bond donors (Lipinski definition) is 2. The van der Waals surface area contributed by atoms with E-state index in [-0.39, 0.29) is 41.6 Å². The van der Waals surface area contributed by atoms with Crippen molar-refractivity contribution in [2.45, 2.75) is 34.1 Å². The van der Waals surface area contributed by atoms with E-state index >= 15 is 0 Å². The molecule has 0 unspecified atom stereocenters. The van der Waals surface area contributed by atoms with Gasteiger partial charge in [0.15, 0.2) is 5.13 Å². The summed E-state index contributed by atoms with van der Waals surface area (Å²) >= 11 is 13.2. The quantitative estimate of drug-likeness (QED) is 0.345. The molecule has 2 N–H and O–H groups in total. The maximum Gasteiger partial charge on any atom is 0.254 e. The second kappa shape index (κ2) is 12.3. The minimum Gasteiger partial charge on any atom is -0.329 e. The van der Waals surface area contributed by atoms with Gasteiger partial charge in [-0.05, 0) is 61.2 Å². The van der Waals surface area contributed by atoms with Crippen LogP contribution in [0.1, 0.15) is 41.0 Å². The van der Waals surface area contributed by atoms with Crippen LogP contribution in [0.4, 0.5) is 10.8 Å². The van der Waals surface area contributed by atoms with Crippen molar-refractivity contribution in [2.75, 3.05) is 23.7 Å². The van der Waals surface area contributed by atoms with Gasteiger partial charge in [0.05, 0.1) is 22.2 Å². The summed E-state index contributed by atoms with van der Waals surface area (Å²) in [5.41, 5.74) is 3.87. The molecular formula is C26H28Cl2N4O3S. The molecule has 10 heteroatoms. The van der Waals surface area contributed by atoms with Gasteiger partial charge in [-0.1, -0.05) is 43.1 Å². The van der Waals surface area contributed by atoms with Gasteiger partial charge in [0.1, 0.15) is 6.54 Å². The molecule has 3 rings (SSSR count). The molecule has 190 valence electrons. The number of thiazole rings is 1. The number of amides is 3. The van der Waals surface area contributed by atoms with Gasteiger partial charge in [-0.3, -0.25) is 14.4 Å². The molecule has 0 atom stereocenters. The summed E-state index contributed by atoms with van der Waals surface area (Å²) in [5.74, 6) is -0.756. The van der Waals surface area contributed by atoms with Crippen LogP contribution in [0.25, 0.3) is 0 Å². The van der Waals surface area contributed by atoms with E-state index in [9.17, 15) is 14.4 Å². The van der Waals surface area contributed by atoms with Gasteiger partial charge in [0.2, 0.25) is 11.8 Å². The number of nitrogens with zero attached hydrogens (tertiary/aromatic N) is 2. The topological polar surface area (TPSA) is 91.4 Å². The number of rotatable bonds is 9. The van der Waals surface area contributed by atoms with Crippen LogP contribution >= 0.6 is 34.5 Å². The van der Waals surface area contributed by atoms with Crippen molar-refractivity contribution in [1.82, 2.24) is 9.88 Å². The third kappa shape index (κ3) is 7.78. The summed E-state index contributed by atoms with van der Waals surface area (Å²) in [6.45, 7) is 8.15. The van der Waals surface area contributed by atoms with Crippen LogP contribution in [0.3, 0.4) is 0 Å². The predicted molar refractivity (Wildman–Crippen MR) is 146 cm³/mol. The Hall–Kier alpha value is -2.94. The van der Waals surface area contributed by atoms with Gasteiger partial charge in [0.25, 0.3) is 5.91 Å².